The van der Waals surface area contributed by atoms with E-state index < -0.39 is 292 Å². The van der Waals surface area contributed by atoms with E-state index in [0.29, 0.717) is 5.56 Å². The molecule has 18 amide bonds. The smallest absolute Gasteiger partial charge is 0.326 e. The standard InChI is InChI=1S/C73H115N23O26/c1-35(2)29-47(93-67(116)49(34-97)85-56(103)33-83-60(109)39(75)30-37-13-15-38(98)16-14-37)71(120)96-28-8-12-51(96)69(118)89-42(18-22-53(77)100)62(111)87-40(9-4-5-25-74)61(110)84-36(3)59(108)86-41(17-21-52(76)99)63(112)91-45(10-6-26-82-73(80)81)70(119)95-27-7-11-50(95)68(117)90-43(19-23-54(78)101)64(113)92-46(32-58(106)107)66(115)88-44(20-24-57(104)105)65(114)94-48(72(121)122)31-55(79)102/h13-16,35-36,39-51,97-98H,4-12,17-34,74-75H2,1-3H3,(H2,76,99)(H2,77,100)(H2,78,101)(H2,79,102)(H,83,109)(H,84,110)(H,85,103)(H,86,108)(H,87,111)(H,88,115)(H,89,118)(H,90,117)(H,91,112)(H,92,113)(H,93,116)(H,94,114)(H,104,105)(H,106,107)(H,121,122)(H4,80,81,82). The zero-order valence-electron chi connectivity index (χ0n) is 67.8. The van der Waals surface area contributed by atoms with Gasteiger partial charge in [0, 0.05) is 45.3 Å². The Morgan fingerprint density at radius 2 is 0.869 bits per heavy atom. The summed E-state index contributed by atoms with van der Waals surface area (Å²) < 4.78 is 0. The highest BCUT2D eigenvalue weighted by Crippen LogP contribution is 2.24. The molecule has 49 nitrogen and oxygen atoms in total. The van der Waals surface area contributed by atoms with Gasteiger partial charge >= 0.3 is 17.9 Å². The van der Waals surface area contributed by atoms with Crippen molar-refractivity contribution in [1.29, 1.82) is 5.41 Å². The predicted molar refractivity (Wildman–Crippen MR) is 424 cm³/mol. The number of benzene rings is 1. The molecule has 122 heavy (non-hydrogen) atoms. The lowest BCUT2D eigenvalue weighted by Gasteiger charge is -2.31. The molecular weight excluding hydrogens is 1610 g/mol. The molecule has 3 rings (SSSR count). The van der Waals surface area contributed by atoms with Gasteiger partial charge in [0.05, 0.1) is 32.0 Å². The van der Waals surface area contributed by atoms with Crippen molar-refractivity contribution in [1.82, 2.24) is 78.9 Å². The Morgan fingerprint density at radius 1 is 0.451 bits per heavy atom. The maximum Gasteiger partial charge on any atom is 0.326 e. The van der Waals surface area contributed by atoms with E-state index >= 15 is 0 Å². The summed E-state index contributed by atoms with van der Waals surface area (Å²) in [7, 11) is 0. The van der Waals surface area contributed by atoms with Crippen LogP contribution in [0.5, 0.6) is 5.75 Å². The summed E-state index contributed by atoms with van der Waals surface area (Å²) in [4.78, 5) is 282. The van der Waals surface area contributed by atoms with Gasteiger partial charge in [0.15, 0.2) is 5.96 Å². The number of nitrogens with one attached hydrogen (secondary N) is 14. The second-order valence-electron chi connectivity index (χ2n) is 29.6. The number of primary amides is 4. The maximum absolute atomic E-state index is 14.8. The van der Waals surface area contributed by atoms with Gasteiger partial charge in [-0.2, -0.15) is 0 Å². The Balaban J connectivity index is 1.88. The number of aliphatic carboxylic acids is 3. The number of carbonyl (C=O) groups excluding carboxylic acids is 18. The van der Waals surface area contributed by atoms with Crippen molar-refractivity contribution >= 4 is 130 Å². The second kappa shape index (κ2) is 52.2. The first kappa shape index (κ1) is 103. The van der Waals surface area contributed by atoms with Gasteiger partial charge in [0.25, 0.3) is 0 Å². The average molecular weight is 1730 g/mol. The van der Waals surface area contributed by atoms with E-state index in [1.54, 1.807) is 26.0 Å². The van der Waals surface area contributed by atoms with E-state index in [4.69, 9.17) is 45.5 Å². The number of rotatable bonds is 56. The number of aliphatic hydroxyl groups is 1. The van der Waals surface area contributed by atoms with Crippen molar-refractivity contribution in [2.24, 2.45) is 46.1 Å². The molecule has 2 heterocycles. The first-order valence-corrected chi connectivity index (χ1v) is 39.3. The van der Waals surface area contributed by atoms with Crippen molar-refractivity contribution in [3.63, 3.8) is 0 Å². The van der Waals surface area contributed by atoms with Gasteiger partial charge in [-0.15, -0.1) is 0 Å². The summed E-state index contributed by atoms with van der Waals surface area (Å²) >= 11 is 0. The zero-order chi connectivity index (χ0) is 91.8. The number of phenols is 1. The monoisotopic (exact) mass is 1730 g/mol. The third kappa shape index (κ3) is 37.1. The van der Waals surface area contributed by atoms with E-state index in [1.165, 1.54) is 12.1 Å². The molecule has 2 fully saturated rings. The Labute approximate surface area is 699 Å². The van der Waals surface area contributed by atoms with Crippen molar-refractivity contribution in [3.8, 4) is 5.75 Å². The summed E-state index contributed by atoms with van der Waals surface area (Å²) in [6.07, 6.45) is -7.12. The molecule has 2 aliphatic heterocycles. The summed E-state index contributed by atoms with van der Waals surface area (Å²) in [6, 6.07) is -17.3. The fourth-order valence-corrected chi connectivity index (χ4v) is 12.8. The minimum absolute atomic E-state index is 0.00814. The fourth-order valence-electron chi connectivity index (χ4n) is 12.8. The van der Waals surface area contributed by atoms with E-state index in [-0.39, 0.29) is 108 Å². The van der Waals surface area contributed by atoms with Crippen LogP contribution < -0.4 is 109 Å². The van der Waals surface area contributed by atoms with Crippen molar-refractivity contribution in [2.45, 2.75) is 240 Å². The van der Waals surface area contributed by atoms with Gasteiger partial charge in [0.1, 0.15) is 84.3 Å². The second-order valence-corrected chi connectivity index (χ2v) is 29.6. The number of phenolic OH excluding ortho intramolecular Hbond substituents is 1. The number of unbranched alkanes of at least 4 members (excludes halogenated alkanes) is 1. The molecule has 2 saturated heterocycles. The van der Waals surface area contributed by atoms with Crippen molar-refractivity contribution < 1.29 is 126 Å². The molecule has 33 N–H and O–H groups in total. The van der Waals surface area contributed by atoms with Gasteiger partial charge in [0.2, 0.25) is 106 Å². The van der Waals surface area contributed by atoms with Crippen LogP contribution in [0, 0.1) is 11.3 Å². The van der Waals surface area contributed by atoms with Crippen molar-refractivity contribution in [3.05, 3.63) is 29.8 Å². The van der Waals surface area contributed by atoms with Crippen LogP contribution in [0.25, 0.3) is 0 Å². The number of carboxylic acids is 3. The zero-order valence-corrected chi connectivity index (χ0v) is 67.8. The largest absolute Gasteiger partial charge is 0.508 e. The fraction of sp³-hybridized carbons (Fsp3) is 0.616. The normalized spacial score (nSPS) is 16.5. The Morgan fingerprint density at radius 3 is 1.32 bits per heavy atom. The highest BCUT2D eigenvalue weighted by Gasteiger charge is 2.44. The quantitative estimate of drug-likeness (QED) is 0.0164. The SMILES string of the molecule is CC(C)CC(NC(=O)C(CO)NC(=O)CNC(=O)C(N)Cc1ccc(O)cc1)C(=O)N1CCCC1C(=O)NC(CCC(N)=O)C(=O)NC(CCCCN)C(=O)NC(C)C(=O)NC(CCC(N)=O)C(=O)NC(CCCNC(=N)N)C(=O)N1CCCC1C(=O)NC(CCC(N)=O)C(=O)NC(CC(=O)O)C(=O)NC(CCC(=O)O)C(=O)NC(CC(N)=O)C(=O)O. The van der Waals surface area contributed by atoms with Crippen molar-refractivity contribution in [2.75, 3.05) is 39.3 Å². The lowest BCUT2D eigenvalue weighted by Crippen LogP contribution is -2.60. The number of nitrogens with two attached hydrogens (primary N) is 7. The van der Waals surface area contributed by atoms with E-state index in [0.717, 1.165) is 16.7 Å². The van der Waals surface area contributed by atoms with E-state index in [1.807, 2.05) is 10.6 Å². The predicted octanol–water partition coefficient (Wildman–Crippen LogP) is -10.8. The molecule has 0 radical (unpaired) electrons. The highest BCUT2D eigenvalue weighted by atomic mass is 16.4. The third-order valence-corrected chi connectivity index (χ3v) is 19.2. The molecule has 0 bridgehead atoms. The topological polar surface area (TPSA) is 828 Å². The van der Waals surface area contributed by atoms with Crippen LogP contribution in [0.3, 0.4) is 0 Å². The molecule has 14 unspecified atom stereocenters. The third-order valence-electron chi connectivity index (χ3n) is 19.2. The molecule has 14 atom stereocenters. The molecular formula is C73H115N23O26. The van der Waals surface area contributed by atoms with Crippen LogP contribution >= 0.6 is 0 Å². The first-order chi connectivity index (χ1) is 57.4. The van der Waals surface area contributed by atoms with Gasteiger partial charge < -0.3 is 145 Å². The molecule has 678 valence electrons. The number of hydrogen-bond acceptors (Lipinski definition) is 26. The van der Waals surface area contributed by atoms with Gasteiger partial charge in [-0.3, -0.25) is 101 Å². The summed E-state index contributed by atoms with van der Waals surface area (Å²) in [5, 5.41) is 86.6. The van der Waals surface area contributed by atoms with Gasteiger partial charge in [-0.1, -0.05) is 26.0 Å². The molecule has 0 spiro atoms. The number of nitrogens with zero attached hydrogens (tertiary/aromatic N) is 2. The Kier molecular flexibility index (Phi) is 44.1. The number of aromatic hydroxyl groups is 1. The van der Waals surface area contributed by atoms with Crippen LogP contribution in [0.15, 0.2) is 24.3 Å². The number of hydrogen-bond donors (Lipinski definition) is 26. The Bertz CT molecular complexity index is 3930. The number of likely N-dealkylation sites (tertiary alicyclic amines) is 2. The molecule has 49 heteroatoms. The number of carboxylic acid groups (broad SMARTS) is 3. The summed E-state index contributed by atoms with van der Waals surface area (Å²) in [6.45, 7) is 2.74. The average Bonchev–Trinajstić information content (AvgIpc) is 1.65. The number of aliphatic hydroxyl groups excluding tert-OH is 1. The van der Waals surface area contributed by atoms with Gasteiger partial charge in [-0.05, 0) is 133 Å². The number of amides is 18. The van der Waals surface area contributed by atoms with Crippen LogP contribution in [0.1, 0.15) is 155 Å². The lowest BCUT2D eigenvalue weighted by atomic mass is 10.0. The Hall–Kier alpha value is -13.0. The molecule has 1 aromatic carbocycles. The minimum Gasteiger partial charge on any atom is -0.508 e. The summed E-state index contributed by atoms with van der Waals surface area (Å²) in [5.74, 6) is -24.9. The molecule has 2 aliphatic rings. The molecule has 0 aliphatic carbocycles. The highest BCUT2D eigenvalue weighted by molar-refractivity contribution is 6.02. The number of guanidine groups is 1. The summed E-state index contributed by atoms with van der Waals surface area (Å²) in [5.41, 5.74) is 39.3. The van der Waals surface area contributed by atoms with E-state index in [2.05, 4.69) is 58.5 Å². The minimum atomic E-state index is -2.17. The van der Waals surface area contributed by atoms with Gasteiger partial charge in [-0.25, -0.2) is 4.79 Å². The van der Waals surface area contributed by atoms with Crippen LogP contribution in [0.2, 0.25) is 0 Å². The molecule has 0 saturated carbocycles. The number of carbonyl (C=O) groups is 21. The maximum atomic E-state index is 14.8. The van der Waals surface area contributed by atoms with Crippen LogP contribution in [0.4, 0.5) is 0 Å². The van der Waals surface area contributed by atoms with Crippen LogP contribution in [-0.2, 0) is 107 Å². The van der Waals surface area contributed by atoms with E-state index in [9.17, 15) is 126 Å². The molecule has 0 aromatic heterocycles. The first-order valence-electron chi connectivity index (χ1n) is 39.3. The van der Waals surface area contributed by atoms with Crippen LogP contribution in [-0.4, -0.2) is 289 Å². The molecule has 1 aromatic rings. The lowest BCUT2D eigenvalue weighted by molar-refractivity contribution is -0.144.